The van der Waals surface area contributed by atoms with E-state index in [2.05, 4.69) is 5.32 Å². The quantitative estimate of drug-likeness (QED) is 0.206. The zero-order chi connectivity index (χ0) is 30.0. The third-order valence-corrected chi connectivity index (χ3v) is 7.08. The van der Waals surface area contributed by atoms with Gasteiger partial charge >= 0.3 is 12.1 Å². The molecule has 1 unspecified atom stereocenters. The number of carboxylic acid groups (broad SMARTS) is 1. The number of hydrogen-bond acceptors (Lipinski definition) is 3. The van der Waals surface area contributed by atoms with Crippen LogP contribution in [0.5, 0.6) is 0 Å². The predicted octanol–water partition coefficient (Wildman–Crippen LogP) is 7.46. The Labute approximate surface area is 242 Å². The van der Waals surface area contributed by atoms with Crippen LogP contribution in [-0.4, -0.2) is 21.6 Å². The summed E-state index contributed by atoms with van der Waals surface area (Å²) in [6, 6.07) is 23.2. The third-order valence-electron chi connectivity index (χ3n) is 6.83. The van der Waals surface area contributed by atoms with Crippen molar-refractivity contribution >= 4 is 39.9 Å². The first kappa shape index (κ1) is 28.6. The van der Waals surface area contributed by atoms with E-state index in [0.717, 1.165) is 39.6 Å². The summed E-state index contributed by atoms with van der Waals surface area (Å²) in [5.41, 5.74) is -0.303. The number of halogens is 4. The molecule has 0 fully saturated rings. The summed E-state index contributed by atoms with van der Waals surface area (Å²) < 4.78 is 40.0. The number of amides is 1. The molecule has 1 aromatic heterocycles. The molecule has 0 radical (unpaired) electrons. The minimum atomic E-state index is -4.58. The van der Waals surface area contributed by atoms with E-state index in [1.807, 2.05) is 42.5 Å². The minimum absolute atomic E-state index is 0.0578. The van der Waals surface area contributed by atoms with Crippen LogP contribution in [0.1, 0.15) is 27.5 Å². The summed E-state index contributed by atoms with van der Waals surface area (Å²) in [7, 11) is 0. The molecule has 1 atom stereocenters. The lowest BCUT2D eigenvalue weighted by molar-refractivity contribution is -0.141. The molecule has 5 aromatic rings. The molecule has 1 heterocycles. The van der Waals surface area contributed by atoms with Crippen molar-refractivity contribution in [2.24, 2.45) is 0 Å². The Morgan fingerprint density at radius 2 is 1.57 bits per heavy atom. The molecule has 10 heteroatoms. The van der Waals surface area contributed by atoms with Crippen LogP contribution < -0.4 is 10.9 Å². The van der Waals surface area contributed by atoms with Gasteiger partial charge in [0.1, 0.15) is 11.7 Å². The molecule has 0 spiro atoms. The number of carbonyl (C=O) groups excluding carboxylic acids is 1. The Bertz CT molecular complexity index is 1840. The Balaban J connectivity index is 1.62. The standard InChI is InChI=1S/C32H22ClF3N2O4/c33-24-14-8-19(9-15-24)16-28(31(41)42)38-18-22(26-7-3-5-20-4-1-2-6-25(20)26)17-27(30(38)40)37-29(39)21-10-12-23(13-11-21)32(34,35)36/h1-15,17-18,28H,16H2,(H,37,39)(H,41,42). The lowest BCUT2D eigenvalue weighted by Gasteiger charge is -2.20. The number of alkyl halides is 3. The van der Waals surface area contributed by atoms with Gasteiger partial charge in [0.15, 0.2) is 0 Å². The van der Waals surface area contributed by atoms with E-state index < -0.39 is 35.2 Å². The van der Waals surface area contributed by atoms with Gasteiger partial charge in [-0.3, -0.25) is 14.2 Å². The number of hydrogen-bond donors (Lipinski definition) is 2. The van der Waals surface area contributed by atoms with Crippen LogP contribution in [0.4, 0.5) is 18.9 Å². The largest absolute Gasteiger partial charge is 0.480 e. The van der Waals surface area contributed by atoms with E-state index >= 15 is 0 Å². The summed E-state index contributed by atoms with van der Waals surface area (Å²) >= 11 is 5.97. The van der Waals surface area contributed by atoms with Crippen LogP contribution in [0, 0.1) is 0 Å². The summed E-state index contributed by atoms with van der Waals surface area (Å²) in [6.07, 6.45) is -3.20. The topological polar surface area (TPSA) is 88.4 Å². The van der Waals surface area contributed by atoms with Gasteiger partial charge in [-0.15, -0.1) is 0 Å². The highest BCUT2D eigenvalue weighted by molar-refractivity contribution is 6.30. The highest BCUT2D eigenvalue weighted by Crippen LogP contribution is 2.31. The Morgan fingerprint density at radius 1 is 0.905 bits per heavy atom. The first-order valence-electron chi connectivity index (χ1n) is 12.7. The van der Waals surface area contributed by atoms with Crippen LogP contribution >= 0.6 is 11.6 Å². The SMILES string of the molecule is O=C(Nc1cc(-c2cccc3ccccc23)cn(C(Cc2ccc(Cl)cc2)C(=O)O)c1=O)c1ccc(C(F)(F)F)cc1. The zero-order valence-corrected chi connectivity index (χ0v) is 22.5. The number of fused-ring (bicyclic) bond motifs is 1. The molecule has 42 heavy (non-hydrogen) atoms. The van der Waals surface area contributed by atoms with Gasteiger partial charge in [-0.05, 0) is 64.4 Å². The van der Waals surface area contributed by atoms with Crippen LogP contribution in [0.3, 0.4) is 0 Å². The molecule has 212 valence electrons. The van der Waals surface area contributed by atoms with Gasteiger partial charge in [0.2, 0.25) is 0 Å². The Morgan fingerprint density at radius 3 is 2.24 bits per heavy atom. The second kappa shape index (κ2) is 11.5. The molecular formula is C32H22ClF3N2O4. The molecule has 0 bridgehead atoms. The molecule has 0 aliphatic heterocycles. The minimum Gasteiger partial charge on any atom is -0.480 e. The lowest BCUT2D eigenvalue weighted by atomic mass is 9.98. The maximum absolute atomic E-state index is 13.7. The lowest BCUT2D eigenvalue weighted by Crippen LogP contribution is -2.33. The van der Waals surface area contributed by atoms with E-state index in [0.29, 0.717) is 21.7 Å². The number of benzene rings is 4. The molecule has 2 N–H and O–H groups in total. The van der Waals surface area contributed by atoms with Gasteiger partial charge < -0.3 is 10.4 Å². The molecule has 4 aromatic carbocycles. The van der Waals surface area contributed by atoms with E-state index in [-0.39, 0.29) is 17.7 Å². The molecule has 0 saturated heterocycles. The molecule has 0 aliphatic carbocycles. The molecule has 0 saturated carbocycles. The average molecular weight is 591 g/mol. The number of nitrogens with one attached hydrogen (secondary N) is 1. The van der Waals surface area contributed by atoms with Crippen LogP contribution in [0.15, 0.2) is 108 Å². The fourth-order valence-electron chi connectivity index (χ4n) is 4.70. The number of carbonyl (C=O) groups is 2. The number of nitrogens with zero attached hydrogens (tertiary/aromatic N) is 1. The van der Waals surface area contributed by atoms with Gasteiger partial charge in [0.05, 0.1) is 5.56 Å². The van der Waals surface area contributed by atoms with Crippen LogP contribution in [0.2, 0.25) is 5.02 Å². The maximum Gasteiger partial charge on any atom is 0.416 e. The summed E-state index contributed by atoms with van der Waals surface area (Å²) in [5.74, 6) is -2.10. The van der Waals surface area contributed by atoms with Gasteiger partial charge in [-0.2, -0.15) is 13.2 Å². The second-order valence-electron chi connectivity index (χ2n) is 9.60. The predicted molar refractivity (Wildman–Crippen MR) is 155 cm³/mol. The van der Waals surface area contributed by atoms with Crippen LogP contribution in [0.25, 0.3) is 21.9 Å². The number of anilines is 1. The van der Waals surface area contributed by atoms with Crippen molar-refractivity contribution in [1.29, 1.82) is 0 Å². The molecule has 0 aliphatic rings. The average Bonchev–Trinajstić information content (AvgIpc) is 2.97. The fourth-order valence-corrected chi connectivity index (χ4v) is 4.83. The number of aliphatic carboxylic acids is 1. The normalized spacial score (nSPS) is 12.2. The zero-order valence-electron chi connectivity index (χ0n) is 21.7. The van der Waals surface area contributed by atoms with Gasteiger partial charge in [-0.25, -0.2) is 4.79 Å². The van der Waals surface area contributed by atoms with Crippen molar-refractivity contribution in [3.8, 4) is 11.1 Å². The Hall–Kier alpha value is -4.89. The maximum atomic E-state index is 13.7. The number of carboxylic acids is 1. The van der Waals surface area contributed by atoms with Crippen LogP contribution in [-0.2, 0) is 17.4 Å². The van der Waals surface area contributed by atoms with Crippen molar-refractivity contribution in [3.63, 3.8) is 0 Å². The van der Waals surface area contributed by atoms with Crippen molar-refractivity contribution in [3.05, 3.63) is 135 Å². The fraction of sp³-hybridized carbons (Fsp3) is 0.0938. The van der Waals surface area contributed by atoms with E-state index in [1.54, 1.807) is 24.3 Å². The monoisotopic (exact) mass is 590 g/mol. The molecule has 5 rings (SSSR count). The van der Waals surface area contributed by atoms with E-state index in [9.17, 15) is 32.7 Å². The van der Waals surface area contributed by atoms with Gasteiger partial charge in [-0.1, -0.05) is 66.2 Å². The van der Waals surface area contributed by atoms with Crippen molar-refractivity contribution < 1.29 is 27.9 Å². The molecule has 6 nitrogen and oxygen atoms in total. The van der Waals surface area contributed by atoms with Crippen molar-refractivity contribution in [2.45, 2.75) is 18.6 Å². The number of aromatic nitrogens is 1. The highest BCUT2D eigenvalue weighted by atomic mass is 35.5. The number of rotatable bonds is 7. The summed E-state index contributed by atoms with van der Waals surface area (Å²) in [6.45, 7) is 0. The molecular weight excluding hydrogens is 569 g/mol. The second-order valence-corrected chi connectivity index (χ2v) is 10.0. The summed E-state index contributed by atoms with van der Waals surface area (Å²) in [4.78, 5) is 39.2. The number of pyridine rings is 1. The summed E-state index contributed by atoms with van der Waals surface area (Å²) in [5, 5.41) is 14.9. The first-order valence-corrected chi connectivity index (χ1v) is 13.1. The molecule has 1 amide bonds. The Kier molecular flexibility index (Phi) is 7.87. The van der Waals surface area contributed by atoms with Crippen molar-refractivity contribution in [1.82, 2.24) is 4.57 Å². The smallest absolute Gasteiger partial charge is 0.416 e. The van der Waals surface area contributed by atoms with Crippen molar-refractivity contribution in [2.75, 3.05) is 5.32 Å². The van der Waals surface area contributed by atoms with E-state index in [4.69, 9.17) is 11.6 Å². The van der Waals surface area contributed by atoms with Gasteiger partial charge in [0.25, 0.3) is 11.5 Å². The highest BCUT2D eigenvalue weighted by Gasteiger charge is 2.30. The first-order chi connectivity index (χ1) is 20.0. The van der Waals surface area contributed by atoms with E-state index in [1.165, 1.54) is 12.3 Å². The third kappa shape index (κ3) is 6.06. The van der Waals surface area contributed by atoms with Gasteiger partial charge in [0, 0.05) is 28.8 Å².